The van der Waals surface area contributed by atoms with Crippen molar-refractivity contribution in [2.45, 2.75) is 26.5 Å². The summed E-state index contributed by atoms with van der Waals surface area (Å²) < 4.78 is 6.08. The van der Waals surface area contributed by atoms with Crippen molar-refractivity contribution in [3.05, 3.63) is 18.0 Å². The molecule has 0 aromatic carbocycles. The molecule has 1 heterocycles. The largest absolute Gasteiger partial charge is 0.467 e. The molecule has 84 valence electrons. The van der Waals surface area contributed by atoms with Crippen LogP contribution in [0.25, 0.3) is 0 Å². The van der Waals surface area contributed by atoms with E-state index >= 15 is 0 Å². The maximum atomic E-state index is 11.1. The number of methoxy groups -OCH3 is 1. The number of carbonyl (C=O) groups excluding carboxylic acids is 1. The average molecular weight is 212 g/mol. The first-order chi connectivity index (χ1) is 7.06. The van der Waals surface area contributed by atoms with Gasteiger partial charge < -0.3 is 9.84 Å². The Labute approximate surface area is 88.7 Å². The molecule has 5 heteroatoms. The number of nitrogens with zero attached hydrogens (tertiary/aromatic N) is 2. The number of hydrogen-bond donors (Lipinski definition) is 1. The van der Waals surface area contributed by atoms with E-state index in [1.165, 1.54) is 7.11 Å². The maximum Gasteiger partial charge on any atom is 0.341 e. The van der Waals surface area contributed by atoms with Gasteiger partial charge in [-0.15, -0.1) is 0 Å². The van der Waals surface area contributed by atoms with Gasteiger partial charge in [-0.2, -0.15) is 5.10 Å². The fraction of sp³-hybridized carbons (Fsp3) is 0.600. The van der Waals surface area contributed by atoms with Crippen molar-refractivity contribution in [3.8, 4) is 0 Å². The maximum absolute atomic E-state index is 11.1. The van der Waals surface area contributed by atoms with Crippen LogP contribution in [0.3, 0.4) is 0 Å². The minimum Gasteiger partial charge on any atom is -0.467 e. The van der Waals surface area contributed by atoms with Crippen molar-refractivity contribution in [1.82, 2.24) is 9.78 Å². The first-order valence-electron chi connectivity index (χ1n) is 4.84. The van der Waals surface area contributed by atoms with Crippen LogP contribution in [0.2, 0.25) is 0 Å². The highest BCUT2D eigenvalue weighted by molar-refractivity contribution is 5.75. The Kier molecular flexibility index (Phi) is 3.85. The second-order valence-corrected chi connectivity index (χ2v) is 3.76. The van der Waals surface area contributed by atoms with Gasteiger partial charge in [-0.25, -0.2) is 4.79 Å². The normalized spacial score (nSPS) is 12.9. The van der Waals surface area contributed by atoms with E-state index in [0.717, 1.165) is 0 Å². The van der Waals surface area contributed by atoms with E-state index in [1.54, 1.807) is 16.9 Å². The molecule has 15 heavy (non-hydrogen) atoms. The summed E-state index contributed by atoms with van der Waals surface area (Å²) in [6, 6.07) is 1.62. The molecule has 0 aliphatic heterocycles. The van der Waals surface area contributed by atoms with E-state index in [-0.39, 0.29) is 0 Å². The quantitative estimate of drug-likeness (QED) is 0.748. The van der Waals surface area contributed by atoms with Gasteiger partial charge in [-0.05, 0) is 12.0 Å². The van der Waals surface area contributed by atoms with Crippen molar-refractivity contribution in [2.24, 2.45) is 5.92 Å². The van der Waals surface area contributed by atoms with Crippen LogP contribution in [-0.2, 0) is 16.1 Å². The van der Waals surface area contributed by atoms with Gasteiger partial charge in [-0.1, -0.05) is 13.8 Å². The molecule has 0 spiro atoms. The fourth-order valence-electron chi connectivity index (χ4n) is 1.31. The number of aliphatic hydroxyl groups is 1. The van der Waals surface area contributed by atoms with Crippen LogP contribution in [-0.4, -0.2) is 28.0 Å². The summed E-state index contributed by atoms with van der Waals surface area (Å²) in [5.74, 6) is -0.269. The molecule has 1 unspecified atom stereocenters. The van der Waals surface area contributed by atoms with Crippen LogP contribution in [0.1, 0.15) is 25.6 Å². The second-order valence-electron chi connectivity index (χ2n) is 3.76. The highest BCUT2D eigenvalue weighted by Crippen LogP contribution is 2.14. The van der Waals surface area contributed by atoms with Gasteiger partial charge in [-0.3, -0.25) is 4.68 Å². The topological polar surface area (TPSA) is 64.3 Å². The van der Waals surface area contributed by atoms with Gasteiger partial charge in [0.1, 0.15) is 0 Å². The smallest absolute Gasteiger partial charge is 0.341 e. The lowest BCUT2D eigenvalue weighted by Gasteiger charge is -2.12. The molecule has 0 saturated carbocycles. The van der Waals surface area contributed by atoms with E-state index in [9.17, 15) is 9.90 Å². The van der Waals surface area contributed by atoms with Crippen molar-refractivity contribution in [3.63, 3.8) is 0 Å². The summed E-state index contributed by atoms with van der Waals surface area (Å²) in [5, 5.41) is 13.7. The minimum absolute atomic E-state index is 0.397. The number of carbonyl (C=O) groups is 1. The molecule has 0 aliphatic rings. The molecule has 0 aliphatic carbocycles. The zero-order chi connectivity index (χ0) is 11.4. The third kappa shape index (κ3) is 2.79. The van der Waals surface area contributed by atoms with Crippen molar-refractivity contribution >= 4 is 5.97 Å². The van der Waals surface area contributed by atoms with E-state index in [1.807, 2.05) is 13.8 Å². The molecule has 1 aromatic rings. The highest BCUT2D eigenvalue weighted by Gasteiger charge is 2.21. The van der Waals surface area contributed by atoms with Crippen LogP contribution in [0, 0.1) is 5.92 Å². The summed E-state index contributed by atoms with van der Waals surface area (Å²) in [6.07, 6.45) is 0.306. The predicted octanol–water partition coefficient (Wildman–Crippen LogP) is 0.745. The molecule has 1 aromatic heterocycles. The van der Waals surface area contributed by atoms with Gasteiger partial charge >= 0.3 is 5.97 Å². The Balaban J connectivity index is 2.84. The van der Waals surface area contributed by atoms with Gasteiger partial charge in [0.2, 0.25) is 0 Å². The molecule has 1 N–H and O–H groups in total. The lowest BCUT2D eigenvalue weighted by molar-refractivity contribution is -0.151. The van der Waals surface area contributed by atoms with Crippen LogP contribution >= 0.6 is 0 Å². The summed E-state index contributed by atoms with van der Waals surface area (Å²) in [7, 11) is 1.24. The zero-order valence-corrected chi connectivity index (χ0v) is 9.17. The first kappa shape index (κ1) is 11.7. The zero-order valence-electron chi connectivity index (χ0n) is 9.17. The van der Waals surface area contributed by atoms with E-state index in [2.05, 4.69) is 9.84 Å². The molecule has 1 atom stereocenters. The van der Waals surface area contributed by atoms with Gasteiger partial charge in [0.15, 0.2) is 6.10 Å². The van der Waals surface area contributed by atoms with Crippen molar-refractivity contribution < 1.29 is 14.6 Å². The van der Waals surface area contributed by atoms with Crippen LogP contribution in [0.5, 0.6) is 0 Å². The number of aromatic nitrogens is 2. The summed E-state index contributed by atoms with van der Waals surface area (Å²) in [6.45, 7) is 4.74. The lowest BCUT2D eigenvalue weighted by atomic mass is 10.2. The molecule has 0 bridgehead atoms. The molecule has 0 radical (unpaired) electrons. The number of esters is 1. The Morgan fingerprint density at radius 1 is 1.67 bits per heavy atom. The number of hydrogen-bond acceptors (Lipinski definition) is 4. The summed E-state index contributed by atoms with van der Waals surface area (Å²) in [4.78, 5) is 11.1. The number of aliphatic hydroxyl groups excluding tert-OH is 1. The third-order valence-electron chi connectivity index (χ3n) is 1.99. The molecule has 5 nitrogen and oxygen atoms in total. The average Bonchev–Trinajstić information content (AvgIpc) is 2.62. The molecule has 0 saturated heterocycles. The third-order valence-corrected chi connectivity index (χ3v) is 1.99. The highest BCUT2D eigenvalue weighted by atomic mass is 16.5. The Morgan fingerprint density at radius 2 is 2.33 bits per heavy atom. The Morgan fingerprint density at radius 3 is 2.87 bits per heavy atom. The van der Waals surface area contributed by atoms with E-state index in [4.69, 9.17) is 0 Å². The fourth-order valence-corrected chi connectivity index (χ4v) is 1.31. The Bertz CT molecular complexity index is 333. The molecule has 1 rings (SSSR count). The lowest BCUT2D eigenvalue weighted by Crippen LogP contribution is -2.19. The second kappa shape index (κ2) is 4.93. The minimum atomic E-state index is -1.25. The summed E-state index contributed by atoms with van der Waals surface area (Å²) in [5.41, 5.74) is 0.468. The predicted molar refractivity (Wildman–Crippen MR) is 54.0 cm³/mol. The molecular weight excluding hydrogens is 196 g/mol. The summed E-state index contributed by atoms with van der Waals surface area (Å²) >= 11 is 0. The van der Waals surface area contributed by atoms with Gasteiger partial charge in [0.05, 0.1) is 12.8 Å². The van der Waals surface area contributed by atoms with Gasteiger partial charge in [0, 0.05) is 12.7 Å². The van der Waals surface area contributed by atoms with Crippen LogP contribution in [0.4, 0.5) is 0 Å². The van der Waals surface area contributed by atoms with Crippen LogP contribution in [0.15, 0.2) is 12.3 Å². The standard InChI is InChI=1S/C10H16N2O3/c1-7(2)6-12-8(4-5-11-12)9(13)10(14)15-3/h4-5,7,9,13H,6H2,1-3H3. The van der Waals surface area contributed by atoms with E-state index in [0.29, 0.717) is 18.2 Å². The van der Waals surface area contributed by atoms with Crippen molar-refractivity contribution in [2.75, 3.05) is 7.11 Å². The SMILES string of the molecule is COC(=O)C(O)c1ccnn1CC(C)C. The molecule has 0 fully saturated rings. The first-order valence-corrected chi connectivity index (χ1v) is 4.84. The number of rotatable bonds is 4. The number of ether oxygens (including phenoxy) is 1. The Hall–Kier alpha value is -1.36. The van der Waals surface area contributed by atoms with Crippen molar-refractivity contribution in [1.29, 1.82) is 0 Å². The van der Waals surface area contributed by atoms with Crippen LogP contribution < -0.4 is 0 Å². The molecular formula is C10H16N2O3. The van der Waals surface area contributed by atoms with Gasteiger partial charge in [0.25, 0.3) is 0 Å². The van der Waals surface area contributed by atoms with E-state index < -0.39 is 12.1 Å². The molecule has 0 amide bonds. The monoisotopic (exact) mass is 212 g/mol.